The molecule has 1 aliphatic heterocycles. The number of amides is 1. The van der Waals surface area contributed by atoms with E-state index in [4.69, 9.17) is 14.9 Å². The lowest BCUT2D eigenvalue weighted by molar-refractivity contribution is -0.114. The van der Waals surface area contributed by atoms with Crippen LogP contribution >= 0.6 is 0 Å². The second-order valence-electron chi connectivity index (χ2n) is 4.36. The third-order valence-electron chi connectivity index (χ3n) is 3.01. The predicted molar refractivity (Wildman–Crippen MR) is 71.6 cm³/mol. The van der Waals surface area contributed by atoms with Gasteiger partial charge in [-0.3, -0.25) is 10.2 Å². The fourth-order valence-corrected chi connectivity index (χ4v) is 1.97. The summed E-state index contributed by atoms with van der Waals surface area (Å²) in [5, 5.41) is 10.3. The first-order chi connectivity index (χ1) is 9.22. The molecular formula is C14H18N2O3. The number of ether oxygens (including phenoxy) is 2. The highest BCUT2D eigenvalue weighted by atomic mass is 16.7. The maximum Gasteiger partial charge on any atom is 0.269 e. The third kappa shape index (κ3) is 3.32. The lowest BCUT2D eigenvalue weighted by Gasteiger charge is -2.24. The van der Waals surface area contributed by atoms with Crippen molar-refractivity contribution in [2.24, 2.45) is 0 Å². The van der Waals surface area contributed by atoms with Crippen LogP contribution in [0.25, 0.3) is 0 Å². The molecule has 1 fully saturated rings. The van der Waals surface area contributed by atoms with E-state index in [1.54, 1.807) is 18.2 Å². The molecule has 19 heavy (non-hydrogen) atoms. The monoisotopic (exact) mass is 262 g/mol. The Morgan fingerprint density at radius 1 is 1.42 bits per heavy atom. The van der Waals surface area contributed by atoms with Crippen LogP contribution in [0.4, 0.5) is 0 Å². The highest BCUT2D eigenvalue weighted by molar-refractivity contribution is 6.44. The molecule has 2 N–H and O–H groups in total. The van der Waals surface area contributed by atoms with Crippen LogP contribution in [0.5, 0.6) is 5.75 Å². The van der Waals surface area contributed by atoms with Crippen LogP contribution in [-0.2, 0) is 9.53 Å². The number of likely N-dealkylation sites (N-methyl/N-ethyl adjacent to an activating group) is 1. The van der Waals surface area contributed by atoms with Gasteiger partial charge in [-0.25, -0.2) is 0 Å². The van der Waals surface area contributed by atoms with Gasteiger partial charge in [-0.15, -0.1) is 0 Å². The van der Waals surface area contributed by atoms with E-state index in [0.717, 1.165) is 19.3 Å². The molecule has 1 saturated heterocycles. The van der Waals surface area contributed by atoms with E-state index in [0.29, 0.717) is 17.9 Å². The minimum Gasteiger partial charge on any atom is -0.464 e. The van der Waals surface area contributed by atoms with Gasteiger partial charge in [-0.2, -0.15) is 0 Å². The van der Waals surface area contributed by atoms with Crippen molar-refractivity contribution in [1.29, 1.82) is 5.41 Å². The van der Waals surface area contributed by atoms with Crippen molar-refractivity contribution in [3.63, 3.8) is 0 Å². The summed E-state index contributed by atoms with van der Waals surface area (Å²) in [7, 11) is 1.50. The number of benzene rings is 1. The quantitative estimate of drug-likeness (QED) is 0.811. The fraction of sp³-hybridized carbons (Fsp3) is 0.429. The summed E-state index contributed by atoms with van der Waals surface area (Å²) in [5.74, 6) is 0.0867. The van der Waals surface area contributed by atoms with Crippen molar-refractivity contribution in [3.8, 4) is 5.75 Å². The molecule has 5 nitrogen and oxygen atoms in total. The molecule has 1 aromatic rings. The SMILES string of the molecule is CNC(=O)C(=N)c1ccccc1OC1CCCCO1. The zero-order valence-corrected chi connectivity index (χ0v) is 10.9. The molecule has 1 atom stereocenters. The summed E-state index contributed by atoms with van der Waals surface area (Å²) in [5.41, 5.74) is 0.380. The lowest BCUT2D eigenvalue weighted by atomic mass is 10.1. The molecule has 1 heterocycles. The molecule has 0 aromatic heterocycles. The van der Waals surface area contributed by atoms with Gasteiger partial charge in [0.15, 0.2) is 6.29 Å². The van der Waals surface area contributed by atoms with E-state index < -0.39 is 5.91 Å². The molecule has 0 bridgehead atoms. The van der Waals surface area contributed by atoms with Gasteiger partial charge in [0, 0.05) is 19.0 Å². The summed E-state index contributed by atoms with van der Waals surface area (Å²) in [4.78, 5) is 11.5. The predicted octanol–water partition coefficient (Wildman–Crippen LogP) is 1.71. The molecule has 1 aliphatic rings. The normalized spacial score (nSPS) is 18.7. The first-order valence-electron chi connectivity index (χ1n) is 6.40. The van der Waals surface area contributed by atoms with Crippen LogP contribution in [0, 0.1) is 5.41 Å². The van der Waals surface area contributed by atoms with E-state index in [1.165, 1.54) is 7.05 Å². The molecule has 0 saturated carbocycles. The number of carbonyl (C=O) groups excluding carboxylic acids is 1. The van der Waals surface area contributed by atoms with E-state index in [2.05, 4.69) is 5.32 Å². The zero-order valence-electron chi connectivity index (χ0n) is 10.9. The molecule has 1 aromatic carbocycles. The average Bonchev–Trinajstić information content (AvgIpc) is 2.47. The Hall–Kier alpha value is -1.88. The maximum absolute atomic E-state index is 11.5. The Morgan fingerprint density at radius 2 is 2.21 bits per heavy atom. The highest BCUT2D eigenvalue weighted by Crippen LogP contribution is 2.23. The maximum atomic E-state index is 11.5. The second kappa shape index (κ2) is 6.33. The van der Waals surface area contributed by atoms with Crippen LogP contribution in [0.2, 0.25) is 0 Å². The molecule has 0 spiro atoms. The standard InChI is InChI=1S/C14H18N2O3/c1-16-14(17)13(15)10-6-2-3-7-11(10)19-12-8-4-5-9-18-12/h2-3,6-7,12,15H,4-5,8-9H2,1H3,(H,16,17). The van der Waals surface area contributed by atoms with Gasteiger partial charge >= 0.3 is 0 Å². The summed E-state index contributed by atoms with van der Waals surface area (Å²) >= 11 is 0. The number of hydrogen-bond acceptors (Lipinski definition) is 4. The van der Waals surface area contributed by atoms with Crippen LogP contribution in [0.15, 0.2) is 24.3 Å². The Kier molecular flexibility index (Phi) is 4.52. The van der Waals surface area contributed by atoms with Gasteiger partial charge in [0.1, 0.15) is 11.5 Å². The van der Waals surface area contributed by atoms with Gasteiger partial charge in [0.25, 0.3) is 5.91 Å². The number of hydrogen-bond donors (Lipinski definition) is 2. The van der Waals surface area contributed by atoms with Gasteiger partial charge in [0.2, 0.25) is 0 Å². The molecule has 2 rings (SSSR count). The van der Waals surface area contributed by atoms with Crippen LogP contribution in [0.3, 0.4) is 0 Å². The van der Waals surface area contributed by atoms with Crippen LogP contribution in [0.1, 0.15) is 24.8 Å². The Bertz CT molecular complexity index is 468. The Morgan fingerprint density at radius 3 is 2.89 bits per heavy atom. The summed E-state index contributed by atoms with van der Waals surface area (Å²) in [6, 6.07) is 7.06. The van der Waals surface area contributed by atoms with Crippen LogP contribution in [-0.4, -0.2) is 31.6 Å². The van der Waals surface area contributed by atoms with Crippen LogP contribution < -0.4 is 10.1 Å². The molecule has 5 heteroatoms. The molecule has 102 valence electrons. The molecule has 1 unspecified atom stereocenters. The van der Waals surface area contributed by atoms with Crippen molar-refractivity contribution in [1.82, 2.24) is 5.32 Å². The van der Waals surface area contributed by atoms with Crippen molar-refractivity contribution >= 4 is 11.6 Å². The highest BCUT2D eigenvalue weighted by Gasteiger charge is 2.20. The topological polar surface area (TPSA) is 71.4 Å². The second-order valence-corrected chi connectivity index (χ2v) is 4.36. The molecule has 1 amide bonds. The fourth-order valence-electron chi connectivity index (χ4n) is 1.97. The lowest BCUT2D eigenvalue weighted by Crippen LogP contribution is -2.29. The third-order valence-corrected chi connectivity index (χ3v) is 3.01. The van der Waals surface area contributed by atoms with E-state index >= 15 is 0 Å². The van der Waals surface area contributed by atoms with Gasteiger partial charge in [-0.05, 0) is 25.0 Å². The number of rotatable bonds is 4. The molecular weight excluding hydrogens is 244 g/mol. The first-order valence-corrected chi connectivity index (χ1v) is 6.40. The summed E-state index contributed by atoms with van der Waals surface area (Å²) in [6.07, 6.45) is 2.67. The number of nitrogens with one attached hydrogen (secondary N) is 2. The van der Waals surface area contributed by atoms with Crippen molar-refractivity contribution in [2.75, 3.05) is 13.7 Å². The van der Waals surface area contributed by atoms with Gasteiger partial charge in [0.05, 0.1) is 6.61 Å². The zero-order chi connectivity index (χ0) is 13.7. The van der Waals surface area contributed by atoms with E-state index in [9.17, 15) is 4.79 Å². The molecule has 0 radical (unpaired) electrons. The number of carbonyl (C=O) groups is 1. The Balaban J connectivity index is 2.15. The van der Waals surface area contributed by atoms with E-state index in [-0.39, 0.29) is 12.0 Å². The minimum absolute atomic E-state index is 0.103. The number of para-hydroxylation sites is 1. The largest absolute Gasteiger partial charge is 0.464 e. The molecule has 0 aliphatic carbocycles. The van der Waals surface area contributed by atoms with Gasteiger partial charge < -0.3 is 14.8 Å². The minimum atomic E-state index is -0.430. The van der Waals surface area contributed by atoms with Crippen molar-refractivity contribution < 1.29 is 14.3 Å². The van der Waals surface area contributed by atoms with E-state index in [1.807, 2.05) is 6.07 Å². The average molecular weight is 262 g/mol. The summed E-state index contributed by atoms with van der Waals surface area (Å²) in [6.45, 7) is 0.694. The van der Waals surface area contributed by atoms with Crippen molar-refractivity contribution in [2.45, 2.75) is 25.6 Å². The Labute approximate surface area is 112 Å². The smallest absolute Gasteiger partial charge is 0.269 e. The first kappa shape index (κ1) is 13.5. The summed E-state index contributed by atoms with van der Waals surface area (Å²) < 4.78 is 11.3. The van der Waals surface area contributed by atoms with Gasteiger partial charge in [-0.1, -0.05) is 12.1 Å². The van der Waals surface area contributed by atoms with Crippen molar-refractivity contribution in [3.05, 3.63) is 29.8 Å².